The number of rotatable bonds is 0. The van der Waals surface area contributed by atoms with Gasteiger partial charge in [-0.1, -0.05) is 53.6 Å². The van der Waals surface area contributed by atoms with Gasteiger partial charge in [-0.3, -0.25) is 0 Å². The molecule has 2 aliphatic carbocycles. The quantitative estimate of drug-likeness (QED) is 0.524. The highest BCUT2D eigenvalue weighted by Crippen LogP contribution is 2.61. The van der Waals surface area contributed by atoms with Gasteiger partial charge >= 0.3 is 0 Å². The summed E-state index contributed by atoms with van der Waals surface area (Å²) in [6, 6.07) is 0. The van der Waals surface area contributed by atoms with Gasteiger partial charge in [-0.2, -0.15) is 0 Å². The zero-order valence-corrected chi connectivity index (χ0v) is 12.7. The molecule has 0 bridgehead atoms. The van der Waals surface area contributed by atoms with Gasteiger partial charge in [0.05, 0.1) is 6.10 Å². The van der Waals surface area contributed by atoms with Crippen LogP contribution in [0.5, 0.6) is 0 Å². The summed E-state index contributed by atoms with van der Waals surface area (Å²) >= 11 is 3.72. The van der Waals surface area contributed by atoms with Crippen molar-refractivity contribution in [2.75, 3.05) is 0 Å². The fourth-order valence-corrected chi connectivity index (χ4v) is 4.25. The Morgan fingerprint density at radius 2 is 2.12 bits per heavy atom. The molecule has 2 unspecified atom stereocenters. The van der Waals surface area contributed by atoms with Crippen molar-refractivity contribution in [2.45, 2.75) is 57.4 Å². The summed E-state index contributed by atoms with van der Waals surface area (Å²) in [7, 11) is 0. The fourth-order valence-electron chi connectivity index (χ4n) is 3.62. The zero-order chi connectivity index (χ0) is 12.8. The molecule has 1 nitrogen and oxygen atoms in total. The van der Waals surface area contributed by atoms with Crippen LogP contribution in [0.15, 0.2) is 23.8 Å². The Hall–Kier alpha value is -0.0800. The van der Waals surface area contributed by atoms with Gasteiger partial charge in [0.2, 0.25) is 0 Å². The lowest BCUT2D eigenvalue weighted by molar-refractivity contribution is 0.00123. The summed E-state index contributed by atoms with van der Waals surface area (Å²) in [6.45, 7) is 11.0. The number of halogens is 1. The molecule has 0 aromatic carbocycles. The van der Waals surface area contributed by atoms with Crippen LogP contribution in [-0.2, 0) is 0 Å². The lowest BCUT2D eigenvalue weighted by Gasteiger charge is -2.57. The first-order valence-corrected chi connectivity index (χ1v) is 7.39. The Morgan fingerprint density at radius 1 is 1.47 bits per heavy atom. The molecule has 0 aliphatic heterocycles. The average Bonchev–Trinajstić information content (AvgIpc) is 2.27. The normalized spacial score (nSPS) is 41.5. The number of hydrogen-bond donors (Lipinski definition) is 1. The molecule has 1 saturated carbocycles. The van der Waals surface area contributed by atoms with E-state index in [-0.39, 0.29) is 21.8 Å². The first kappa shape index (κ1) is 13.4. The van der Waals surface area contributed by atoms with Crippen molar-refractivity contribution in [2.24, 2.45) is 10.8 Å². The predicted octanol–water partition coefficient (Wildman–Crippen LogP) is 4.21. The summed E-state index contributed by atoms with van der Waals surface area (Å²) < 4.78 is 0. The second-order valence-electron chi connectivity index (χ2n) is 6.34. The number of aliphatic hydroxyl groups is 1. The van der Waals surface area contributed by atoms with Crippen LogP contribution in [0, 0.1) is 10.8 Å². The molecule has 0 heterocycles. The van der Waals surface area contributed by atoms with E-state index in [4.69, 9.17) is 0 Å². The topological polar surface area (TPSA) is 20.2 Å². The van der Waals surface area contributed by atoms with Crippen molar-refractivity contribution in [3.8, 4) is 0 Å². The van der Waals surface area contributed by atoms with E-state index < -0.39 is 0 Å². The summed E-state index contributed by atoms with van der Waals surface area (Å²) in [4.78, 5) is 0.160. The van der Waals surface area contributed by atoms with E-state index in [2.05, 4.69) is 49.4 Å². The Labute approximate surface area is 113 Å². The van der Waals surface area contributed by atoms with Gasteiger partial charge in [-0.05, 0) is 38.0 Å². The number of hydrogen-bond acceptors (Lipinski definition) is 1. The van der Waals surface area contributed by atoms with Crippen molar-refractivity contribution in [3.63, 3.8) is 0 Å². The predicted molar refractivity (Wildman–Crippen MR) is 76.3 cm³/mol. The molecular formula is C15H23BrO. The molecule has 0 saturated heterocycles. The fraction of sp³-hybridized carbons (Fsp3) is 0.733. The van der Waals surface area contributed by atoms with Crippen molar-refractivity contribution in [1.29, 1.82) is 0 Å². The van der Waals surface area contributed by atoms with Crippen molar-refractivity contribution in [1.82, 2.24) is 0 Å². The van der Waals surface area contributed by atoms with Gasteiger partial charge in [0.15, 0.2) is 0 Å². The van der Waals surface area contributed by atoms with Gasteiger partial charge in [0.1, 0.15) is 0 Å². The number of alkyl halides is 1. The average molecular weight is 299 g/mol. The SMILES string of the molecule is C=C1CC(O)C(Br)C(C)(C)[C@@]12CC=C(C)CC2. The van der Waals surface area contributed by atoms with Gasteiger partial charge in [-0.25, -0.2) is 0 Å². The second-order valence-corrected chi connectivity index (χ2v) is 7.32. The van der Waals surface area contributed by atoms with Crippen molar-refractivity contribution < 1.29 is 5.11 Å². The van der Waals surface area contributed by atoms with Gasteiger partial charge in [-0.15, -0.1) is 0 Å². The molecular weight excluding hydrogens is 276 g/mol. The maximum absolute atomic E-state index is 10.1. The van der Waals surface area contributed by atoms with E-state index in [1.54, 1.807) is 0 Å². The highest BCUT2D eigenvalue weighted by atomic mass is 79.9. The van der Waals surface area contributed by atoms with E-state index >= 15 is 0 Å². The summed E-state index contributed by atoms with van der Waals surface area (Å²) in [5.74, 6) is 0. The third-order valence-corrected chi connectivity index (χ3v) is 6.89. The largest absolute Gasteiger partial charge is 0.392 e. The molecule has 96 valence electrons. The zero-order valence-electron chi connectivity index (χ0n) is 11.1. The molecule has 1 N–H and O–H groups in total. The second kappa shape index (κ2) is 4.24. The van der Waals surface area contributed by atoms with Crippen LogP contribution in [0.4, 0.5) is 0 Å². The van der Waals surface area contributed by atoms with Crippen LogP contribution < -0.4 is 0 Å². The third-order valence-electron chi connectivity index (χ3n) is 5.14. The number of aliphatic hydroxyl groups excluding tert-OH is 1. The van der Waals surface area contributed by atoms with E-state index in [1.807, 2.05) is 0 Å². The Bertz CT molecular complexity index is 369. The van der Waals surface area contributed by atoms with Gasteiger partial charge in [0.25, 0.3) is 0 Å². The third kappa shape index (κ3) is 1.84. The van der Waals surface area contributed by atoms with Crippen molar-refractivity contribution >= 4 is 15.9 Å². The monoisotopic (exact) mass is 298 g/mol. The molecule has 2 rings (SSSR count). The first-order chi connectivity index (χ1) is 7.81. The molecule has 17 heavy (non-hydrogen) atoms. The molecule has 1 spiro atoms. The van der Waals surface area contributed by atoms with Crippen LogP contribution in [0.1, 0.15) is 46.5 Å². The maximum atomic E-state index is 10.1. The standard InChI is InChI=1S/C15H23BrO/c1-10-5-7-15(8-6-10)11(2)9-12(17)13(16)14(15,3)4/h5,12-13,17H,2,6-9H2,1,3-4H3/t12?,13?,15-/m1/s1. The molecule has 3 atom stereocenters. The minimum absolute atomic E-state index is 0.0545. The first-order valence-electron chi connectivity index (χ1n) is 6.47. The molecule has 0 aromatic rings. The highest BCUT2D eigenvalue weighted by Gasteiger charge is 2.55. The Kier molecular flexibility index (Phi) is 3.33. The van der Waals surface area contributed by atoms with Crippen LogP contribution in [0.2, 0.25) is 0 Å². The van der Waals surface area contributed by atoms with Crippen LogP contribution in [0.3, 0.4) is 0 Å². The van der Waals surface area contributed by atoms with Crippen LogP contribution in [-0.4, -0.2) is 16.0 Å². The minimum atomic E-state index is -0.296. The van der Waals surface area contributed by atoms with E-state index in [0.717, 1.165) is 19.3 Å². The lowest BCUT2D eigenvalue weighted by Crippen LogP contribution is -2.54. The molecule has 2 aliphatic rings. The number of allylic oxidation sites excluding steroid dienone is 2. The maximum Gasteiger partial charge on any atom is 0.0707 e. The van der Waals surface area contributed by atoms with Gasteiger partial charge in [0, 0.05) is 10.2 Å². The van der Waals surface area contributed by atoms with E-state index in [1.165, 1.54) is 17.6 Å². The molecule has 0 radical (unpaired) electrons. The van der Waals surface area contributed by atoms with E-state index in [9.17, 15) is 5.11 Å². The molecule has 0 aromatic heterocycles. The smallest absolute Gasteiger partial charge is 0.0707 e. The molecule has 0 amide bonds. The highest BCUT2D eigenvalue weighted by molar-refractivity contribution is 9.09. The van der Waals surface area contributed by atoms with Gasteiger partial charge < -0.3 is 5.11 Å². The van der Waals surface area contributed by atoms with E-state index in [0.29, 0.717) is 0 Å². The van der Waals surface area contributed by atoms with Crippen LogP contribution in [0.25, 0.3) is 0 Å². The van der Waals surface area contributed by atoms with Crippen LogP contribution >= 0.6 is 15.9 Å². The molecule has 1 fully saturated rings. The Balaban J connectivity index is 2.41. The summed E-state index contributed by atoms with van der Waals surface area (Å²) in [5.41, 5.74) is 2.96. The summed E-state index contributed by atoms with van der Waals surface area (Å²) in [6.07, 6.45) is 6.24. The molecule has 2 heteroatoms. The van der Waals surface area contributed by atoms with Crippen molar-refractivity contribution in [3.05, 3.63) is 23.8 Å². The summed E-state index contributed by atoms with van der Waals surface area (Å²) in [5, 5.41) is 10.1. The Morgan fingerprint density at radius 3 is 2.65 bits per heavy atom. The lowest BCUT2D eigenvalue weighted by atomic mass is 9.50. The minimum Gasteiger partial charge on any atom is -0.392 e.